The number of nitrogens with one attached hydrogen (secondary N) is 3. The van der Waals surface area contributed by atoms with Crippen LogP contribution in [0.3, 0.4) is 0 Å². The second kappa shape index (κ2) is 16.5. The van der Waals surface area contributed by atoms with Crippen molar-refractivity contribution in [3.05, 3.63) is 53.7 Å². The summed E-state index contributed by atoms with van der Waals surface area (Å²) in [5.41, 5.74) is 6.45. The Morgan fingerprint density at radius 1 is 1.18 bits per heavy atom. The Bertz CT molecular complexity index is 1110. The summed E-state index contributed by atoms with van der Waals surface area (Å²) in [6.07, 6.45) is 9.30. The van der Waals surface area contributed by atoms with Gasteiger partial charge in [0.1, 0.15) is 29.4 Å². The zero-order chi connectivity index (χ0) is 29.7. The average Bonchev–Trinajstić information content (AvgIpc) is 3.35. The molecule has 0 spiro atoms. The maximum absolute atomic E-state index is 13.2. The summed E-state index contributed by atoms with van der Waals surface area (Å²) in [6, 6.07) is -0.924. The molecule has 2 heterocycles. The Balaban J connectivity index is 2.33. The van der Waals surface area contributed by atoms with Crippen molar-refractivity contribution < 1.29 is 29.0 Å². The summed E-state index contributed by atoms with van der Waals surface area (Å²) in [7, 11) is 0. The van der Waals surface area contributed by atoms with Gasteiger partial charge in [-0.05, 0) is 44.7 Å². The van der Waals surface area contributed by atoms with Crippen LogP contribution < -0.4 is 16.4 Å². The fourth-order valence-electron chi connectivity index (χ4n) is 4.33. The number of Topliss-reactive ketones (excluding diaryl/α,β-unsaturated/α-hetero) is 1. The van der Waals surface area contributed by atoms with E-state index in [2.05, 4.69) is 20.6 Å². The van der Waals surface area contributed by atoms with Crippen molar-refractivity contribution in [3.8, 4) is 0 Å². The van der Waals surface area contributed by atoms with E-state index in [0.717, 1.165) is 5.57 Å². The Morgan fingerprint density at radius 3 is 2.62 bits per heavy atom. The fraction of sp³-hybridized carbons (Fsp3) is 0.552. The number of amides is 2. The molecule has 1 aromatic heterocycles. The molecule has 6 N–H and O–H groups in total. The van der Waals surface area contributed by atoms with Crippen LogP contribution in [0.5, 0.6) is 0 Å². The minimum Gasteiger partial charge on any atom is -0.460 e. The summed E-state index contributed by atoms with van der Waals surface area (Å²) in [6.45, 7) is 8.20. The molecule has 0 radical (unpaired) electrons. The number of allylic oxidation sites excluding steroid dienone is 2. The number of cyclic esters (lactones) is 1. The molecule has 220 valence electrons. The SMILES string of the molecule is CC1=C[C@@H](O)CC(=O)Cc2ncc([nH]2)C(=O)N[C@H](CCCCN)C(=O)O[C@H](C(C)C)[C@H](C)/C=C/C(=O)NCC=C1. The van der Waals surface area contributed by atoms with Crippen LogP contribution in [0.15, 0.2) is 42.2 Å². The van der Waals surface area contributed by atoms with E-state index in [-0.39, 0.29) is 54.4 Å². The number of nitrogens with two attached hydrogens (primary N) is 1. The lowest BCUT2D eigenvalue weighted by Crippen LogP contribution is -2.44. The lowest BCUT2D eigenvalue weighted by atomic mass is 9.94. The molecule has 1 aromatic rings. The number of imidazole rings is 1. The molecule has 11 nitrogen and oxygen atoms in total. The predicted octanol–water partition coefficient (Wildman–Crippen LogP) is 1.89. The highest BCUT2D eigenvalue weighted by molar-refractivity contribution is 5.95. The first kappa shape index (κ1) is 32.6. The van der Waals surface area contributed by atoms with E-state index in [1.807, 2.05) is 20.8 Å². The van der Waals surface area contributed by atoms with Crippen molar-refractivity contribution in [2.75, 3.05) is 13.1 Å². The quantitative estimate of drug-likeness (QED) is 0.269. The molecule has 0 aromatic carbocycles. The monoisotopic (exact) mass is 557 g/mol. The van der Waals surface area contributed by atoms with Crippen molar-refractivity contribution in [2.24, 2.45) is 17.6 Å². The standard InChI is InChI=1S/C29H43N5O6/c1-18(2)27-20(4)10-11-26(37)31-13-7-8-19(3)14-21(35)15-22(36)16-25-32-17-24(33-25)28(38)34-23(29(39)40-27)9-5-6-12-30/h7-8,10-11,14,17-18,20-21,23,27,35H,5-6,9,12-13,15-16,30H2,1-4H3,(H,31,37)(H,32,33)(H,34,38)/b8-7?,11-10+,19-14?/t20-,21-,23-,27-/m1/s1. The fourth-order valence-corrected chi connectivity index (χ4v) is 4.33. The number of H-pyrrole nitrogens is 1. The van der Waals surface area contributed by atoms with Gasteiger partial charge >= 0.3 is 5.97 Å². The van der Waals surface area contributed by atoms with Crippen LogP contribution in [-0.2, 0) is 25.5 Å². The number of ketones is 1. The zero-order valence-electron chi connectivity index (χ0n) is 23.8. The van der Waals surface area contributed by atoms with Crippen LogP contribution in [0.2, 0.25) is 0 Å². The number of hydrogen-bond acceptors (Lipinski definition) is 8. The molecule has 2 rings (SSSR count). The molecule has 11 heteroatoms. The number of nitrogens with zero attached hydrogens (tertiary/aromatic N) is 1. The maximum atomic E-state index is 13.2. The van der Waals surface area contributed by atoms with Gasteiger partial charge in [-0.2, -0.15) is 0 Å². The predicted molar refractivity (Wildman–Crippen MR) is 151 cm³/mol. The Morgan fingerprint density at radius 2 is 1.93 bits per heavy atom. The van der Waals surface area contributed by atoms with E-state index >= 15 is 0 Å². The second-order valence-corrected chi connectivity index (χ2v) is 10.5. The first-order valence-electron chi connectivity index (χ1n) is 13.8. The minimum absolute atomic E-state index is 0.0534. The number of aliphatic hydroxyl groups excluding tert-OH is 1. The van der Waals surface area contributed by atoms with E-state index in [9.17, 15) is 24.3 Å². The van der Waals surface area contributed by atoms with E-state index in [1.54, 1.807) is 31.2 Å². The van der Waals surface area contributed by atoms with Crippen LogP contribution >= 0.6 is 0 Å². The number of carbonyl (C=O) groups excluding carboxylic acids is 4. The minimum atomic E-state index is -0.996. The molecule has 0 fully saturated rings. The third kappa shape index (κ3) is 11.3. The van der Waals surface area contributed by atoms with E-state index in [0.29, 0.717) is 25.8 Å². The van der Waals surface area contributed by atoms with Gasteiger partial charge in [0, 0.05) is 18.9 Å². The van der Waals surface area contributed by atoms with Gasteiger partial charge in [-0.3, -0.25) is 14.4 Å². The lowest BCUT2D eigenvalue weighted by molar-refractivity contribution is -0.156. The van der Waals surface area contributed by atoms with Gasteiger partial charge < -0.3 is 31.2 Å². The van der Waals surface area contributed by atoms with Gasteiger partial charge in [0.05, 0.1) is 18.7 Å². The highest BCUT2D eigenvalue weighted by atomic mass is 16.5. The third-order valence-corrected chi connectivity index (χ3v) is 6.42. The van der Waals surface area contributed by atoms with E-state index < -0.39 is 30.1 Å². The van der Waals surface area contributed by atoms with E-state index in [4.69, 9.17) is 10.5 Å². The molecule has 40 heavy (non-hydrogen) atoms. The molecule has 1 aliphatic heterocycles. The number of fused-ring (bicyclic) bond motifs is 2. The Hall–Kier alpha value is -3.57. The van der Waals surface area contributed by atoms with Crippen LogP contribution in [0, 0.1) is 11.8 Å². The number of esters is 1. The van der Waals surface area contributed by atoms with Crippen molar-refractivity contribution in [3.63, 3.8) is 0 Å². The number of hydrogen-bond donors (Lipinski definition) is 5. The maximum Gasteiger partial charge on any atom is 0.328 e. The number of unbranched alkanes of at least 4 members (excludes halogenated alkanes) is 1. The summed E-state index contributed by atoms with van der Waals surface area (Å²) in [5, 5.41) is 15.7. The summed E-state index contributed by atoms with van der Waals surface area (Å²) in [4.78, 5) is 57.9. The smallest absolute Gasteiger partial charge is 0.328 e. The van der Waals surface area contributed by atoms with Gasteiger partial charge in [-0.15, -0.1) is 0 Å². The molecule has 1 aliphatic rings. The highest BCUT2D eigenvalue weighted by Gasteiger charge is 2.29. The van der Waals surface area contributed by atoms with Gasteiger partial charge in [-0.1, -0.05) is 50.6 Å². The molecular formula is C29H43N5O6. The summed E-state index contributed by atoms with van der Waals surface area (Å²) >= 11 is 0. The van der Waals surface area contributed by atoms with Gasteiger partial charge in [-0.25, -0.2) is 9.78 Å². The normalized spacial score (nSPS) is 25.1. The Labute approximate surface area is 235 Å². The molecule has 2 amide bonds. The average molecular weight is 558 g/mol. The number of carbonyl (C=O) groups is 4. The number of aliphatic hydroxyl groups is 1. The molecule has 0 unspecified atom stereocenters. The highest BCUT2D eigenvalue weighted by Crippen LogP contribution is 2.20. The first-order valence-corrected chi connectivity index (χ1v) is 13.8. The molecule has 4 atom stereocenters. The first-order chi connectivity index (χ1) is 19.0. The summed E-state index contributed by atoms with van der Waals surface area (Å²) in [5.74, 6) is -1.76. The number of rotatable bonds is 5. The van der Waals surface area contributed by atoms with Crippen molar-refractivity contribution in [1.29, 1.82) is 0 Å². The topological polar surface area (TPSA) is 176 Å². The van der Waals surface area contributed by atoms with Crippen molar-refractivity contribution >= 4 is 23.6 Å². The molecular weight excluding hydrogens is 514 g/mol. The summed E-state index contributed by atoms with van der Waals surface area (Å²) < 4.78 is 5.87. The number of aromatic nitrogens is 2. The lowest BCUT2D eigenvalue weighted by Gasteiger charge is -2.28. The zero-order valence-corrected chi connectivity index (χ0v) is 23.8. The molecule has 2 bridgehead atoms. The number of aromatic amines is 1. The Kier molecular flexibility index (Phi) is 13.5. The number of ether oxygens (including phenoxy) is 1. The van der Waals surface area contributed by atoms with Crippen molar-refractivity contribution in [1.82, 2.24) is 20.6 Å². The van der Waals surface area contributed by atoms with E-state index in [1.165, 1.54) is 12.3 Å². The van der Waals surface area contributed by atoms with Crippen molar-refractivity contribution in [2.45, 2.75) is 78.0 Å². The van der Waals surface area contributed by atoms with Gasteiger partial charge in [0.2, 0.25) is 5.91 Å². The second-order valence-electron chi connectivity index (χ2n) is 10.5. The van der Waals surface area contributed by atoms with Gasteiger partial charge in [0.15, 0.2) is 0 Å². The van der Waals surface area contributed by atoms with Crippen LogP contribution in [-0.4, -0.2) is 70.0 Å². The third-order valence-electron chi connectivity index (χ3n) is 6.42. The molecule has 0 saturated heterocycles. The largest absolute Gasteiger partial charge is 0.460 e. The van der Waals surface area contributed by atoms with Gasteiger partial charge in [0.25, 0.3) is 5.91 Å². The molecule has 0 saturated carbocycles. The van der Waals surface area contributed by atoms with Crippen LogP contribution in [0.1, 0.15) is 69.7 Å². The molecule has 0 aliphatic carbocycles. The van der Waals surface area contributed by atoms with Crippen LogP contribution in [0.25, 0.3) is 0 Å². The van der Waals surface area contributed by atoms with Crippen LogP contribution in [0.4, 0.5) is 0 Å².